The van der Waals surface area contributed by atoms with Crippen molar-refractivity contribution in [3.63, 3.8) is 0 Å². The Morgan fingerprint density at radius 1 is 0.248 bits per heavy atom. The fourth-order valence-corrected chi connectivity index (χ4v) is 9.24. The second kappa shape index (κ2) is 65.6. The molecule has 0 aliphatic heterocycles. The van der Waals surface area contributed by atoms with E-state index < -0.39 is 5.97 Å². The molecular formula is C81H114O32. The van der Waals surface area contributed by atoms with Gasteiger partial charge in [0.25, 0.3) is 0 Å². The maximum absolute atomic E-state index is 12.3. The second-order valence-corrected chi connectivity index (χ2v) is 21.4. The van der Waals surface area contributed by atoms with Crippen LogP contribution < -0.4 is 37.9 Å². The molecule has 0 amide bonds. The first kappa shape index (κ1) is 127. The van der Waals surface area contributed by atoms with E-state index >= 15 is 0 Å². The van der Waals surface area contributed by atoms with Crippen molar-refractivity contribution in [2.75, 3.05) is 14.2 Å². The van der Waals surface area contributed by atoms with E-state index in [1.165, 1.54) is 21.1 Å². The average Bonchev–Trinajstić information content (AvgIpc) is 0.869. The fraction of sp³-hybridized carbons (Fsp3) is 0.136. The average molecular weight is 1600 g/mol. The van der Waals surface area contributed by atoms with Gasteiger partial charge in [-0.25, -0.2) is 4.79 Å². The van der Waals surface area contributed by atoms with Gasteiger partial charge in [0.05, 0.1) is 19.8 Å². The number of carbonyl (C=O) groups is 2. The van der Waals surface area contributed by atoms with E-state index in [0.29, 0.717) is 91.2 Å². The zero-order chi connectivity index (χ0) is 65.2. The lowest BCUT2D eigenvalue weighted by Gasteiger charge is -2.16. The van der Waals surface area contributed by atoms with E-state index in [-0.39, 0.29) is 129 Å². The van der Waals surface area contributed by atoms with Crippen molar-refractivity contribution in [3.8, 4) is 57.1 Å². The molecule has 0 unspecified atom stereocenters. The van der Waals surface area contributed by atoms with Crippen LogP contribution in [0.2, 0.25) is 0 Å². The molecule has 0 spiro atoms. The number of hydrogen-bond acceptors (Lipinski definition) is 12. The molecule has 0 saturated carbocycles. The summed E-state index contributed by atoms with van der Waals surface area (Å²) in [5.41, 5.74) is 14.2. The third kappa shape index (κ3) is 39.3. The smallest absolute Gasteiger partial charge is 0.337 e. The van der Waals surface area contributed by atoms with Crippen LogP contribution in [-0.4, -0.2) is 136 Å². The van der Waals surface area contributed by atoms with Crippen LogP contribution in [-0.2, 0) is 67.1 Å². The van der Waals surface area contributed by atoms with Crippen LogP contribution in [0, 0.1) is 0 Å². The highest BCUT2D eigenvalue weighted by Crippen LogP contribution is 2.35. The van der Waals surface area contributed by atoms with Gasteiger partial charge in [-0.1, -0.05) is 196 Å². The van der Waals surface area contributed by atoms with Gasteiger partial charge in [-0.05, 0) is 151 Å². The van der Waals surface area contributed by atoms with Crippen molar-refractivity contribution in [3.05, 3.63) is 323 Å². The topological polar surface area (TPSA) is 756 Å². The van der Waals surface area contributed by atoms with E-state index in [1.54, 1.807) is 12.1 Å². The van der Waals surface area contributed by atoms with Gasteiger partial charge in [0, 0.05) is 13.0 Å². The number of benzene rings is 10. The Balaban J connectivity index is -0.000000396. The van der Waals surface area contributed by atoms with Gasteiger partial charge < -0.3 is 157 Å². The molecule has 32 nitrogen and oxygen atoms in total. The molecule has 0 heterocycles. The Morgan fingerprint density at radius 3 is 0.735 bits per heavy atom. The maximum atomic E-state index is 12.3. The van der Waals surface area contributed by atoms with E-state index in [4.69, 9.17) is 42.6 Å². The predicted octanol–water partition coefficient (Wildman–Crippen LogP) is 2.03. The number of carbonyl (C=O) groups excluding carboxylic acids is 2. The number of esters is 2. The van der Waals surface area contributed by atoms with Crippen molar-refractivity contribution in [2.24, 2.45) is 0 Å². The molecule has 630 valence electrons. The fourth-order valence-electron chi connectivity index (χ4n) is 9.24. The molecule has 10 aromatic rings. The van der Waals surface area contributed by atoms with Gasteiger partial charge in [0.15, 0.2) is 23.0 Å². The lowest BCUT2D eigenvalue weighted by Crippen LogP contribution is -2.03. The minimum absolute atomic E-state index is 0. The van der Waals surface area contributed by atoms with Crippen molar-refractivity contribution in [1.82, 2.24) is 0 Å². The third-order valence-electron chi connectivity index (χ3n) is 14.7. The zero-order valence-electron chi connectivity index (χ0n) is 62.6. The Bertz CT molecular complexity index is 3900. The highest BCUT2D eigenvalue weighted by atomic mass is 16.5. The molecule has 10 aromatic carbocycles. The molecular weight excluding hydrogens is 1480 g/mol. The van der Waals surface area contributed by atoms with Gasteiger partial charge in [0.2, 0.25) is 0 Å². The van der Waals surface area contributed by atoms with Gasteiger partial charge in [0.1, 0.15) is 75.9 Å². The van der Waals surface area contributed by atoms with E-state index in [9.17, 15) is 9.59 Å². The number of methoxy groups -OCH3 is 2. The van der Waals surface area contributed by atoms with Crippen LogP contribution in [0.3, 0.4) is 0 Å². The van der Waals surface area contributed by atoms with Crippen molar-refractivity contribution < 1.29 is 166 Å². The normalized spacial score (nSPS) is 8.63. The Kier molecular flexibility index (Phi) is 73.8. The van der Waals surface area contributed by atoms with Crippen LogP contribution in [0.5, 0.6) is 46.0 Å². The molecule has 0 saturated heterocycles. The Morgan fingerprint density at radius 2 is 0.478 bits per heavy atom. The Labute approximate surface area is 654 Å². The van der Waals surface area contributed by atoms with E-state index in [0.717, 1.165) is 77.9 Å². The predicted molar refractivity (Wildman–Crippen MR) is 440 cm³/mol. The summed E-state index contributed by atoms with van der Waals surface area (Å²) in [4.78, 5) is 21.9. The largest absolute Gasteiger partial charge is 0.489 e. The summed E-state index contributed by atoms with van der Waals surface area (Å²) < 4.78 is 59.9. The van der Waals surface area contributed by atoms with Crippen LogP contribution in [0.1, 0.15) is 84.0 Å². The monoisotopic (exact) mass is 1600 g/mol. The van der Waals surface area contributed by atoms with Crippen LogP contribution in [0.15, 0.2) is 251 Å². The first-order valence-electron chi connectivity index (χ1n) is 30.1. The minimum atomic E-state index is -0.410. The SMILES string of the molecule is C=Cc1ccc(COc2ccc(COc3ccc(COc4cc(OCc5ccc(OCc6ccc(OCc7ccc(C=C)cc7)c(OCc7ccc(C=C)cc7)c6)cc5)cc(-c5ccc(C(=O)OC)cc5)c4)cc3)cc2OCc2ccc(C=C)cc2)cc1.COC(C)=O.O.O.O.O.O.O.O.O.O.O.O.O.O.O.O.O.O.O.O.O. The first-order valence-corrected chi connectivity index (χ1v) is 30.1. The first-order chi connectivity index (χ1) is 45.4. The molecule has 40 N–H and O–H groups in total. The van der Waals surface area contributed by atoms with E-state index in [2.05, 4.69) is 31.1 Å². The van der Waals surface area contributed by atoms with Gasteiger partial charge in [-0.3, -0.25) is 4.79 Å². The minimum Gasteiger partial charge on any atom is -0.489 e. The molecule has 0 bridgehead atoms. The summed E-state index contributed by atoms with van der Waals surface area (Å²) in [5, 5.41) is 0. The molecule has 32 heteroatoms. The van der Waals surface area contributed by atoms with Crippen LogP contribution in [0.4, 0.5) is 0 Å². The van der Waals surface area contributed by atoms with Crippen molar-refractivity contribution >= 4 is 36.2 Å². The summed E-state index contributed by atoms with van der Waals surface area (Å²) >= 11 is 0. The van der Waals surface area contributed by atoms with Crippen molar-refractivity contribution in [2.45, 2.75) is 59.8 Å². The highest BCUT2D eigenvalue weighted by Gasteiger charge is 2.14. The van der Waals surface area contributed by atoms with Crippen LogP contribution >= 0.6 is 0 Å². The standard InChI is InChI=1S/C78H68O10.C3H6O2.20H2O/c1-6-55-10-18-59(19-11-55)49-85-74-40-30-65(42-76(74)87-51-61-22-14-57(8-3)15-23-61)53-81-70-36-26-63(27-37-70)47-83-72-44-69(67-32-34-68(35-33-67)78(79)80-5)45-73(46-72)84-48-64-28-38-71(39-29-64)82-54-66-31-41-75(86-50-60-20-12-56(7-2)13-21-60)77(43-66)88-52-62-24-16-58(9-4)17-25-62;1-3(4)5-2;;;;;;;;;;;;;;;;;;;;/h6-46H,1-4,47-54H2,5H3;1-2H3;20*1H2. The summed E-state index contributed by atoms with van der Waals surface area (Å²) in [7, 11) is 2.72. The number of hydrogen-bond donors (Lipinski definition) is 0. The lowest BCUT2D eigenvalue weighted by atomic mass is 10.0. The zero-order valence-corrected chi connectivity index (χ0v) is 62.6. The molecule has 113 heavy (non-hydrogen) atoms. The highest BCUT2D eigenvalue weighted by molar-refractivity contribution is 5.90. The van der Waals surface area contributed by atoms with Gasteiger partial charge in [-0.2, -0.15) is 0 Å². The Hall–Kier alpha value is -12.3. The quantitative estimate of drug-likeness (QED) is 0.0584. The van der Waals surface area contributed by atoms with Crippen LogP contribution in [0.25, 0.3) is 35.4 Å². The van der Waals surface area contributed by atoms with Crippen molar-refractivity contribution in [1.29, 1.82) is 0 Å². The summed E-state index contributed by atoms with van der Waals surface area (Å²) in [5.74, 6) is 4.46. The molecule has 10 rings (SSSR count). The molecule has 0 fully saturated rings. The van der Waals surface area contributed by atoms with Gasteiger partial charge >= 0.3 is 11.9 Å². The second-order valence-electron chi connectivity index (χ2n) is 21.4. The molecule has 0 aliphatic carbocycles. The summed E-state index contributed by atoms with van der Waals surface area (Å²) in [6, 6.07) is 72.8. The maximum Gasteiger partial charge on any atom is 0.337 e. The molecule has 0 atom stereocenters. The van der Waals surface area contributed by atoms with E-state index in [1.807, 2.05) is 237 Å². The molecule has 0 aliphatic rings. The summed E-state index contributed by atoms with van der Waals surface area (Å²) in [6.45, 7) is 19.5. The van der Waals surface area contributed by atoms with Gasteiger partial charge in [-0.15, -0.1) is 0 Å². The number of ether oxygens (including phenoxy) is 10. The number of rotatable bonds is 30. The summed E-state index contributed by atoms with van der Waals surface area (Å²) in [6.07, 6.45) is 7.27. The molecule has 0 aromatic heterocycles. The lowest BCUT2D eigenvalue weighted by molar-refractivity contribution is -0.137. The third-order valence-corrected chi connectivity index (χ3v) is 14.7. The molecule has 0 radical (unpaired) electrons.